The largest absolute Gasteiger partial charge is 0.392 e. The number of oxime groups is 1. The molecule has 1 heterocycles. The third kappa shape index (κ3) is 2.40. The first-order valence-corrected chi connectivity index (χ1v) is 5.21. The van der Waals surface area contributed by atoms with E-state index in [2.05, 4.69) is 51.6 Å². The molecule has 0 atom stereocenters. The lowest BCUT2D eigenvalue weighted by Gasteiger charge is -2.43. The predicted octanol–water partition coefficient (Wildman–Crippen LogP) is 2.48. The number of hydrogen-bond acceptors (Lipinski definition) is 3. The summed E-state index contributed by atoms with van der Waals surface area (Å²) in [5.74, 6) is 1.05. The molecule has 1 rings (SSSR count). The van der Waals surface area contributed by atoms with Crippen LogP contribution in [0.5, 0.6) is 0 Å². The van der Waals surface area contributed by atoms with E-state index in [1.807, 2.05) is 0 Å². The van der Waals surface area contributed by atoms with Gasteiger partial charge >= 0.3 is 0 Å². The van der Waals surface area contributed by atoms with Gasteiger partial charge in [-0.3, -0.25) is 0 Å². The fraction of sp³-hybridized carbons (Fsp3) is 0.909. The molecule has 3 heteroatoms. The van der Waals surface area contributed by atoms with E-state index in [0.717, 1.165) is 12.4 Å². The van der Waals surface area contributed by atoms with Crippen LogP contribution in [0.25, 0.3) is 0 Å². The summed E-state index contributed by atoms with van der Waals surface area (Å²) >= 11 is 0. The molecule has 0 saturated carbocycles. The average molecular weight is 198 g/mol. The van der Waals surface area contributed by atoms with Crippen molar-refractivity contribution in [3.05, 3.63) is 0 Å². The van der Waals surface area contributed by atoms with E-state index in [1.54, 1.807) is 0 Å². The van der Waals surface area contributed by atoms with Gasteiger partial charge in [-0.05, 0) is 20.8 Å². The Hall–Kier alpha value is -0.730. The minimum Gasteiger partial charge on any atom is -0.392 e. The topological polar surface area (TPSA) is 24.8 Å². The Bertz CT molecular complexity index is 233. The number of nitrogens with zero attached hydrogens (tertiary/aromatic N) is 2. The van der Waals surface area contributed by atoms with E-state index in [-0.39, 0.29) is 11.0 Å². The van der Waals surface area contributed by atoms with Crippen LogP contribution < -0.4 is 0 Å². The summed E-state index contributed by atoms with van der Waals surface area (Å²) in [7, 11) is 0. The van der Waals surface area contributed by atoms with E-state index < -0.39 is 0 Å². The molecule has 0 aromatic heterocycles. The lowest BCUT2D eigenvalue weighted by Crippen LogP contribution is -2.53. The molecule has 14 heavy (non-hydrogen) atoms. The summed E-state index contributed by atoms with van der Waals surface area (Å²) in [5, 5.41) is 4.19. The van der Waals surface area contributed by atoms with E-state index in [4.69, 9.17) is 4.84 Å². The normalized spacial score (nSPS) is 19.0. The van der Waals surface area contributed by atoms with Gasteiger partial charge in [-0.15, -0.1) is 0 Å². The predicted molar refractivity (Wildman–Crippen MR) is 59.3 cm³/mol. The Kier molecular flexibility index (Phi) is 2.79. The summed E-state index contributed by atoms with van der Waals surface area (Å²) < 4.78 is 0. The third-order valence-corrected chi connectivity index (χ3v) is 2.29. The van der Waals surface area contributed by atoms with E-state index >= 15 is 0 Å². The van der Waals surface area contributed by atoms with Gasteiger partial charge in [-0.1, -0.05) is 25.9 Å². The van der Waals surface area contributed by atoms with Crippen LogP contribution in [0.1, 0.15) is 41.5 Å². The molecule has 0 aliphatic carbocycles. The number of rotatable bonds is 0. The van der Waals surface area contributed by atoms with Crippen LogP contribution in [0.3, 0.4) is 0 Å². The molecular weight excluding hydrogens is 176 g/mol. The van der Waals surface area contributed by atoms with Crippen LogP contribution in [-0.2, 0) is 4.84 Å². The second-order valence-corrected chi connectivity index (χ2v) is 5.82. The zero-order chi connectivity index (χ0) is 11.0. The van der Waals surface area contributed by atoms with Crippen molar-refractivity contribution in [3.8, 4) is 0 Å². The second kappa shape index (κ2) is 3.44. The van der Waals surface area contributed by atoms with Crippen molar-refractivity contribution < 1.29 is 4.84 Å². The van der Waals surface area contributed by atoms with E-state index in [9.17, 15) is 0 Å². The van der Waals surface area contributed by atoms with Crippen molar-refractivity contribution in [2.24, 2.45) is 10.6 Å². The summed E-state index contributed by atoms with van der Waals surface area (Å²) in [5.41, 5.74) is 0.170. The smallest absolute Gasteiger partial charge is 0.150 e. The first kappa shape index (κ1) is 11.3. The minimum absolute atomic E-state index is 0.0493. The number of amidine groups is 1. The van der Waals surface area contributed by atoms with Crippen LogP contribution in [0.4, 0.5) is 0 Å². The Morgan fingerprint density at radius 3 is 2.07 bits per heavy atom. The summed E-state index contributed by atoms with van der Waals surface area (Å²) in [6, 6.07) is 0. The highest BCUT2D eigenvalue weighted by molar-refractivity contribution is 5.87. The molecule has 3 nitrogen and oxygen atoms in total. The van der Waals surface area contributed by atoms with Crippen molar-refractivity contribution >= 4 is 5.84 Å². The lowest BCUT2D eigenvalue weighted by molar-refractivity contribution is 0.0637. The van der Waals surface area contributed by atoms with Gasteiger partial charge in [0.1, 0.15) is 12.4 Å². The second-order valence-electron chi connectivity index (χ2n) is 5.82. The van der Waals surface area contributed by atoms with Crippen LogP contribution in [0, 0.1) is 5.41 Å². The molecule has 0 aromatic carbocycles. The van der Waals surface area contributed by atoms with Gasteiger partial charge in [0.05, 0.1) is 6.54 Å². The summed E-state index contributed by atoms with van der Waals surface area (Å²) in [6.45, 7) is 14.7. The van der Waals surface area contributed by atoms with E-state index in [0.29, 0.717) is 6.61 Å². The molecule has 0 aromatic rings. The van der Waals surface area contributed by atoms with Gasteiger partial charge in [-0.25, -0.2) is 0 Å². The standard InChI is InChI=1S/C11H22N2O/c1-10(2,3)9-12-14-8-7-13(9)11(4,5)6/h7-8H2,1-6H3. The van der Waals surface area contributed by atoms with Crippen molar-refractivity contribution in [1.82, 2.24) is 4.90 Å². The van der Waals surface area contributed by atoms with Crippen molar-refractivity contribution in [2.75, 3.05) is 13.2 Å². The Balaban J connectivity index is 2.95. The zero-order valence-electron chi connectivity index (χ0n) is 10.2. The molecule has 0 unspecified atom stereocenters. The maximum absolute atomic E-state index is 5.18. The molecular formula is C11H22N2O. The molecule has 0 radical (unpaired) electrons. The quantitative estimate of drug-likeness (QED) is 0.597. The van der Waals surface area contributed by atoms with Crippen molar-refractivity contribution in [1.29, 1.82) is 0 Å². The first-order valence-electron chi connectivity index (χ1n) is 5.21. The van der Waals surface area contributed by atoms with Crippen LogP contribution >= 0.6 is 0 Å². The van der Waals surface area contributed by atoms with Crippen molar-refractivity contribution in [3.63, 3.8) is 0 Å². The molecule has 1 aliphatic heterocycles. The van der Waals surface area contributed by atoms with Gasteiger partial charge in [-0.2, -0.15) is 0 Å². The van der Waals surface area contributed by atoms with Crippen LogP contribution in [-0.4, -0.2) is 29.4 Å². The van der Waals surface area contributed by atoms with Crippen molar-refractivity contribution in [2.45, 2.75) is 47.1 Å². The fourth-order valence-corrected chi connectivity index (χ4v) is 1.59. The van der Waals surface area contributed by atoms with E-state index in [1.165, 1.54) is 0 Å². The fourth-order valence-electron chi connectivity index (χ4n) is 1.59. The number of hydrogen-bond donors (Lipinski definition) is 0. The molecule has 82 valence electrons. The highest BCUT2D eigenvalue weighted by Crippen LogP contribution is 2.26. The maximum Gasteiger partial charge on any atom is 0.150 e. The van der Waals surface area contributed by atoms with Crippen LogP contribution in [0.2, 0.25) is 0 Å². The summed E-state index contributed by atoms with van der Waals surface area (Å²) in [6.07, 6.45) is 0. The van der Waals surface area contributed by atoms with Crippen LogP contribution in [0.15, 0.2) is 5.16 Å². The Morgan fingerprint density at radius 2 is 1.71 bits per heavy atom. The van der Waals surface area contributed by atoms with Gasteiger partial charge in [0.15, 0.2) is 0 Å². The third-order valence-electron chi connectivity index (χ3n) is 2.29. The molecule has 0 bridgehead atoms. The molecule has 0 spiro atoms. The Morgan fingerprint density at radius 1 is 1.14 bits per heavy atom. The summed E-state index contributed by atoms with van der Waals surface area (Å²) in [4.78, 5) is 7.51. The molecule has 0 N–H and O–H groups in total. The highest BCUT2D eigenvalue weighted by Gasteiger charge is 2.34. The lowest BCUT2D eigenvalue weighted by atomic mass is 9.91. The molecule has 0 saturated heterocycles. The minimum atomic E-state index is 0.0493. The van der Waals surface area contributed by atoms with Gasteiger partial charge in [0.2, 0.25) is 0 Å². The van der Waals surface area contributed by atoms with Gasteiger partial charge in [0.25, 0.3) is 0 Å². The first-order chi connectivity index (χ1) is 6.23. The van der Waals surface area contributed by atoms with Gasteiger partial charge < -0.3 is 9.74 Å². The Labute approximate surface area is 87.1 Å². The highest BCUT2D eigenvalue weighted by atomic mass is 16.6. The zero-order valence-corrected chi connectivity index (χ0v) is 10.2. The molecule has 0 fully saturated rings. The SMILES string of the molecule is CC(C)(C)C1=NOCCN1C(C)(C)C. The molecule has 1 aliphatic rings. The monoisotopic (exact) mass is 198 g/mol. The average Bonchev–Trinajstić information content (AvgIpc) is 2.01. The van der Waals surface area contributed by atoms with Gasteiger partial charge in [0, 0.05) is 11.0 Å². The molecule has 0 amide bonds. The maximum atomic E-state index is 5.18.